The molecule has 0 aromatic heterocycles. The van der Waals surface area contributed by atoms with Gasteiger partial charge in [0.1, 0.15) is 5.82 Å². The Bertz CT molecular complexity index is 574. The zero-order valence-electron chi connectivity index (χ0n) is 10.4. The van der Waals surface area contributed by atoms with Gasteiger partial charge in [0.2, 0.25) is 0 Å². The first kappa shape index (κ1) is 14.4. The number of benzene rings is 2. The largest absolute Gasteiger partial charge is 0.388 e. The van der Waals surface area contributed by atoms with E-state index in [4.69, 9.17) is 11.6 Å². The number of aliphatic hydroxyl groups is 1. The van der Waals surface area contributed by atoms with Gasteiger partial charge in [-0.15, -0.1) is 11.8 Å². The lowest BCUT2D eigenvalue weighted by Gasteiger charge is -2.15. The minimum Gasteiger partial charge on any atom is -0.388 e. The first-order valence-corrected chi connectivity index (χ1v) is 7.47. The Labute approximate surface area is 121 Å². The average Bonchev–Trinajstić information content (AvgIpc) is 2.43. The Morgan fingerprint density at radius 2 is 1.95 bits per heavy atom. The molecule has 4 heteroatoms. The summed E-state index contributed by atoms with van der Waals surface area (Å²) in [5.41, 5.74) is 1.24. The summed E-state index contributed by atoms with van der Waals surface area (Å²) in [4.78, 5) is 0.998. The molecule has 0 bridgehead atoms. The molecule has 1 N–H and O–H groups in total. The fourth-order valence-electron chi connectivity index (χ4n) is 1.97. The van der Waals surface area contributed by atoms with Crippen molar-refractivity contribution in [3.05, 3.63) is 64.4 Å². The Morgan fingerprint density at radius 1 is 1.21 bits per heavy atom. The van der Waals surface area contributed by atoms with Gasteiger partial charge in [0, 0.05) is 11.3 Å². The fourth-order valence-corrected chi connectivity index (χ4v) is 2.81. The van der Waals surface area contributed by atoms with E-state index in [0.29, 0.717) is 5.56 Å². The molecule has 2 rings (SSSR count). The highest BCUT2D eigenvalue weighted by Crippen LogP contribution is 2.29. The minimum atomic E-state index is -0.739. The molecular formula is C15H14ClFOS. The van der Waals surface area contributed by atoms with E-state index >= 15 is 0 Å². The van der Waals surface area contributed by atoms with Crippen molar-refractivity contribution in [3.63, 3.8) is 0 Å². The Hall–Kier alpha value is -1.03. The SMILES string of the molecule is CSc1ccccc1C(O)Cc1cccc(Cl)c1F. The molecule has 0 saturated heterocycles. The molecule has 19 heavy (non-hydrogen) atoms. The molecule has 0 amide bonds. The molecule has 0 radical (unpaired) electrons. The van der Waals surface area contributed by atoms with Crippen molar-refractivity contribution < 1.29 is 9.50 Å². The summed E-state index contributed by atoms with van der Waals surface area (Å²) < 4.78 is 13.8. The first-order valence-electron chi connectivity index (χ1n) is 5.87. The van der Waals surface area contributed by atoms with Gasteiger partial charge in [0.15, 0.2) is 0 Å². The van der Waals surface area contributed by atoms with Crippen LogP contribution in [-0.4, -0.2) is 11.4 Å². The van der Waals surface area contributed by atoms with Gasteiger partial charge in [-0.3, -0.25) is 0 Å². The van der Waals surface area contributed by atoms with Crippen molar-refractivity contribution in [1.82, 2.24) is 0 Å². The maximum Gasteiger partial charge on any atom is 0.145 e. The molecule has 0 saturated carbocycles. The molecule has 0 heterocycles. The van der Waals surface area contributed by atoms with Gasteiger partial charge in [-0.25, -0.2) is 4.39 Å². The quantitative estimate of drug-likeness (QED) is 0.840. The lowest BCUT2D eigenvalue weighted by atomic mass is 10.0. The Balaban J connectivity index is 2.26. The van der Waals surface area contributed by atoms with Crippen LogP contribution in [0.15, 0.2) is 47.4 Å². The predicted molar refractivity (Wildman–Crippen MR) is 78.3 cm³/mol. The summed E-state index contributed by atoms with van der Waals surface area (Å²) in [5.74, 6) is -0.454. The van der Waals surface area contributed by atoms with Crippen LogP contribution < -0.4 is 0 Å². The molecule has 100 valence electrons. The highest BCUT2D eigenvalue weighted by Gasteiger charge is 2.15. The van der Waals surface area contributed by atoms with Crippen LogP contribution in [0.25, 0.3) is 0 Å². The normalized spacial score (nSPS) is 12.4. The molecule has 0 aliphatic carbocycles. The van der Waals surface area contributed by atoms with Crippen LogP contribution in [0.1, 0.15) is 17.2 Å². The predicted octanol–water partition coefficient (Wildman–Crippen LogP) is 4.48. The molecule has 0 aliphatic heterocycles. The summed E-state index contributed by atoms with van der Waals surface area (Å²) in [5, 5.41) is 10.4. The van der Waals surface area contributed by atoms with Gasteiger partial charge in [-0.1, -0.05) is 41.9 Å². The topological polar surface area (TPSA) is 20.2 Å². The smallest absolute Gasteiger partial charge is 0.145 e. The van der Waals surface area contributed by atoms with Crippen molar-refractivity contribution in [2.24, 2.45) is 0 Å². The van der Waals surface area contributed by atoms with Crippen LogP contribution in [0.4, 0.5) is 4.39 Å². The van der Waals surface area contributed by atoms with E-state index in [-0.39, 0.29) is 11.4 Å². The van der Waals surface area contributed by atoms with E-state index in [2.05, 4.69) is 0 Å². The number of thioether (sulfide) groups is 1. The van der Waals surface area contributed by atoms with Crippen LogP contribution >= 0.6 is 23.4 Å². The Morgan fingerprint density at radius 3 is 2.68 bits per heavy atom. The molecule has 1 nitrogen and oxygen atoms in total. The third kappa shape index (κ3) is 3.30. The van der Waals surface area contributed by atoms with E-state index in [1.54, 1.807) is 23.9 Å². The average molecular weight is 297 g/mol. The molecule has 2 aromatic carbocycles. The molecule has 2 aromatic rings. The minimum absolute atomic E-state index is 0.0860. The Kier molecular flexibility index (Phi) is 4.86. The fraction of sp³-hybridized carbons (Fsp3) is 0.200. The molecule has 1 unspecified atom stereocenters. The summed E-state index contributed by atoms with van der Waals surface area (Å²) in [6, 6.07) is 12.4. The van der Waals surface area contributed by atoms with E-state index < -0.39 is 11.9 Å². The molecule has 0 aliphatic rings. The summed E-state index contributed by atoms with van der Waals surface area (Å²) in [6.45, 7) is 0. The van der Waals surface area contributed by atoms with E-state index in [1.807, 2.05) is 30.5 Å². The van der Waals surface area contributed by atoms with E-state index in [9.17, 15) is 9.50 Å². The number of aliphatic hydroxyl groups excluding tert-OH is 1. The van der Waals surface area contributed by atoms with Crippen LogP contribution in [0.2, 0.25) is 5.02 Å². The first-order chi connectivity index (χ1) is 9.13. The summed E-state index contributed by atoms with van der Waals surface area (Å²) >= 11 is 7.30. The lowest BCUT2D eigenvalue weighted by molar-refractivity contribution is 0.174. The highest BCUT2D eigenvalue weighted by molar-refractivity contribution is 7.98. The summed E-state index contributed by atoms with van der Waals surface area (Å²) in [6.07, 6.45) is 1.42. The van der Waals surface area contributed by atoms with E-state index in [1.165, 1.54) is 6.07 Å². The van der Waals surface area contributed by atoms with Gasteiger partial charge >= 0.3 is 0 Å². The second-order valence-corrected chi connectivity index (χ2v) is 5.43. The summed E-state index contributed by atoms with van der Waals surface area (Å²) in [7, 11) is 0. The number of rotatable bonds is 4. The standard InChI is InChI=1S/C15H14ClFOS/c1-19-14-8-3-2-6-11(14)13(18)9-10-5-4-7-12(16)15(10)17/h2-8,13,18H,9H2,1H3. The van der Waals surface area contributed by atoms with Gasteiger partial charge < -0.3 is 5.11 Å². The van der Waals surface area contributed by atoms with Crippen molar-refractivity contribution in [1.29, 1.82) is 0 Å². The van der Waals surface area contributed by atoms with Crippen LogP contribution in [-0.2, 0) is 6.42 Å². The number of hydrogen-bond acceptors (Lipinski definition) is 2. The van der Waals surface area contributed by atoms with Crippen molar-refractivity contribution in [2.45, 2.75) is 17.4 Å². The maximum atomic E-state index is 13.8. The van der Waals surface area contributed by atoms with Gasteiger partial charge in [0.25, 0.3) is 0 Å². The van der Waals surface area contributed by atoms with Gasteiger partial charge in [0.05, 0.1) is 11.1 Å². The molecule has 1 atom stereocenters. The lowest BCUT2D eigenvalue weighted by Crippen LogP contribution is -2.05. The van der Waals surface area contributed by atoms with Crippen molar-refractivity contribution in [2.75, 3.05) is 6.26 Å². The molecule has 0 fully saturated rings. The maximum absolute atomic E-state index is 13.8. The van der Waals surface area contributed by atoms with Crippen molar-refractivity contribution >= 4 is 23.4 Å². The second kappa shape index (κ2) is 6.42. The number of halogens is 2. The monoisotopic (exact) mass is 296 g/mol. The van der Waals surface area contributed by atoms with Crippen LogP contribution in [0.5, 0.6) is 0 Å². The highest BCUT2D eigenvalue weighted by atomic mass is 35.5. The third-order valence-electron chi connectivity index (χ3n) is 2.94. The molecule has 0 spiro atoms. The zero-order chi connectivity index (χ0) is 13.8. The number of hydrogen-bond donors (Lipinski definition) is 1. The molecular weight excluding hydrogens is 283 g/mol. The van der Waals surface area contributed by atoms with Crippen LogP contribution in [0.3, 0.4) is 0 Å². The van der Waals surface area contributed by atoms with Gasteiger partial charge in [-0.2, -0.15) is 0 Å². The zero-order valence-corrected chi connectivity index (χ0v) is 12.0. The third-order valence-corrected chi connectivity index (χ3v) is 4.05. The van der Waals surface area contributed by atoms with Crippen molar-refractivity contribution in [3.8, 4) is 0 Å². The van der Waals surface area contributed by atoms with Crippen LogP contribution in [0, 0.1) is 5.82 Å². The second-order valence-electron chi connectivity index (χ2n) is 4.17. The van der Waals surface area contributed by atoms with E-state index in [0.717, 1.165) is 10.5 Å². The van der Waals surface area contributed by atoms with Gasteiger partial charge in [-0.05, 0) is 29.5 Å².